The number of hydrogen-bond donors (Lipinski definition) is 0. The Labute approximate surface area is 112 Å². The summed E-state index contributed by atoms with van der Waals surface area (Å²) in [6.45, 7) is 0.733. The van der Waals surface area contributed by atoms with E-state index in [9.17, 15) is 4.79 Å². The smallest absolute Gasteiger partial charge is 0.200 e. The molecule has 3 rings (SSSR count). The summed E-state index contributed by atoms with van der Waals surface area (Å²) in [7, 11) is 1.62. The summed E-state index contributed by atoms with van der Waals surface area (Å²) in [4.78, 5) is 11.8. The van der Waals surface area contributed by atoms with E-state index in [1.54, 1.807) is 7.11 Å². The van der Waals surface area contributed by atoms with E-state index in [0.29, 0.717) is 17.9 Å². The average molecular weight is 262 g/mol. The Morgan fingerprint density at radius 1 is 1.21 bits per heavy atom. The van der Waals surface area contributed by atoms with Gasteiger partial charge in [0.1, 0.15) is 0 Å². The Morgan fingerprint density at radius 2 is 2.11 bits per heavy atom. The topological polar surface area (TPSA) is 44.8 Å². The minimum atomic E-state index is -0.225. The van der Waals surface area contributed by atoms with Crippen molar-refractivity contribution in [3.63, 3.8) is 0 Å². The molecule has 0 spiro atoms. The van der Waals surface area contributed by atoms with Crippen molar-refractivity contribution < 1.29 is 19.0 Å². The van der Waals surface area contributed by atoms with Gasteiger partial charge in [0, 0.05) is 18.4 Å². The highest BCUT2D eigenvalue weighted by atomic mass is 16.7. The van der Waals surface area contributed by atoms with Gasteiger partial charge < -0.3 is 14.2 Å². The van der Waals surface area contributed by atoms with Crippen LogP contribution in [0.3, 0.4) is 0 Å². The first kappa shape index (κ1) is 12.5. The van der Waals surface area contributed by atoms with E-state index < -0.39 is 0 Å². The van der Waals surface area contributed by atoms with Crippen LogP contribution in [0.4, 0.5) is 0 Å². The first-order valence-electron chi connectivity index (χ1n) is 6.80. The quantitative estimate of drug-likeness (QED) is 0.840. The van der Waals surface area contributed by atoms with E-state index >= 15 is 0 Å². The van der Waals surface area contributed by atoms with E-state index in [4.69, 9.17) is 14.2 Å². The molecule has 0 saturated carbocycles. The fraction of sp³-hybridized carbons (Fsp3) is 0.533. The van der Waals surface area contributed by atoms with Crippen molar-refractivity contribution in [3.05, 3.63) is 23.3 Å². The van der Waals surface area contributed by atoms with Crippen LogP contribution in [0.2, 0.25) is 0 Å². The van der Waals surface area contributed by atoms with Gasteiger partial charge in [0.2, 0.25) is 0 Å². The van der Waals surface area contributed by atoms with Gasteiger partial charge in [0.05, 0.1) is 13.7 Å². The highest BCUT2D eigenvalue weighted by Crippen LogP contribution is 2.36. The first-order valence-corrected chi connectivity index (χ1v) is 6.80. The lowest BCUT2D eigenvalue weighted by molar-refractivity contribution is -0.106. The van der Waals surface area contributed by atoms with Crippen molar-refractivity contribution in [1.29, 1.82) is 0 Å². The SMILES string of the molecule is COc1cc2c(cc1OC1CCCCO1)C(=O)CC2. The lowest BCUT2D eigenvalue weighted by atomic mass is 10.1. The molecule has 0 bridgehead atoms. The van der Waals surface area contributed by atoms with E-state index in [2.05, 4.69) is 0 Å². The Bertz CT molecular complexity index is 489. The van der Waals surface area contributed by atoms with Crippen LogP contribution in [0, 0.1) is 0 Å². The van der Waals surface area contributed by atoms with Gasteiger partial charge in [-0.1, -0.05) is 0 Å². The predicted molar refractivity (Wildman–Crippen MR) is 69.9 cm³/mol. The predicted octanol–water partition coefficient (Wildman–Crippen LogP) is 2.73. The third-order valence-corrected chi connectivity index (χ3v) is 3.71. The summed E-state index contributed by atoms with van der Waals surface area (Å²) < 4.78 is 16.8. The summed E-state index contributed by atoms with van der Waals surface area (Å²) in [6, 6.07) is 3.72. The van der Waals surface area contributed by atoms with Gasteiger partial charge in [-0.05, 0) is 37.0 Å². The van der Waals surface area contributed by atoms with Crippen LogP contribution in [-0.2, 0) is 11.2 Å². The second-order valence-corrected chi connectivity index (χ2v) is 5.00. The monoisotopic (exact) mass is 262 g/mol. The maximum atomic E-state index is 11.8. The van der Waals surface area contributed by atoms with Crippen molar-refractivity contribution >= 4 is 5.78 Å². The largest absolute Gasteiger partial charge is 0.493 e. The zero-order valence-corrected chi connectivity index (χ0v) is 11.1. The normalized spacial score (nSPS) is 22.2. The average Bonchev–Trinajstić information content (AvgIpc) is 2.80. The highest BCUT2D eigenvalue weighted by Gasteiger charge is 2.24. The molecule has 0 radical (unpaired) electrons. The molecule has 1 saturated heterocycles. The van der Waals surface area contributed by atoms with Gasteiger partial charge in [0.15, 0.2) is 23.6 Å². The lowest BCUT2D eigenvalue weighted by Gasteiger charge is -2.24. The van der Waals surface area contributed by atoms with Gasteiger partial charge in [-0.3, -0.25) is 4.79 Å². The van der Waals surface area contributed by atoms with Crippen LogP contribution in [0.15, 0.2) is 12.1 Å². The number of carbonyl (C=O) groups is 1. The molecule has 1 aliphatic heterocycles. The van der Waals surface area contributed by atoms with Gasteiger partial charge in [-0.2, -0.15) is 0 Å². The number of carbonyl (C=O) groups excluding carboxylic acids is 1. The number of Topliss-reactive ketones (excluding diaryl/α,β-unsaturated/α-hetero) is 1. The molecule has 1 unspecified atom stereocenters. The third-order valence-electron chi connectivity index (χ3n) is 3.71. The molecule has 0 amide bonds. The molecular weight excluding hydrogens is 244 g/mol. The summed E-state index contributed by atoms with van der Waals surface area (Å²) >= 11 is 0. The van der Waals surface area contributed by atoms with Crippen LogP contribution in [0.5, 0.6) is 11.5 Å². The molecule has 1 fully saturated rings. The summed E-state index contributed by atoms with van der Waals surface area (Å²) in [5.41, 5.74) is 1.82. The second kappa shape index (κ2) is 5.21. The van der Waals surface area contributed by atoms with Gasteiger partial charge in [-0.15, -0.1) is 0 Å². The van der Waals surface area contributed by atoms with Gasteiger partial charge in [0.25, 0.3) is 0 Å². The van der Waals surface area contributed by atoms with Crippen molar-refractivity contribution in [1.82, 2.24) is 0 Å². The number of ether oxygens (including phenoxy) is 3. The van der Waals surface area contributed by atoms with E-state index in [-0.39, 0.29) is 12.1 Å². The Hall–Kier alpha value is -1.55. The molecular formula is C15H18O4. The minimum absolute atomic E-state index is 0.187. The number of methoxy groups -OCH3 is 1. The standard InChI is InChI=1S/C15H18O4/c1-17-13-8-10-5-6-12(16)11(10)9-14(13)19-15-4-2-3-7-18-15/h8-9,15H,2-7H2,1H3. The molecule has 0 aromatic heterocycles. The zero-order valence-electron chi connectivity index (χ0n) is 11.1. The first-order chi connectivity index (χ1) is 9.28. The molecule has 1 aliphatic carbocycles. The van der Waals surface area contributed by atoms with Crippen molar-refractivity contribution in [3.8, 4) is 11.5 Å². The number of fused-ring (bicyclic) bond motifs is 1. The minimum Gasteiger partial charge on any atom is -0.493 e. The summed E-state index contributed by atoms with van der Waals surface area (Å²) in [5, 5.41) is 0. The summed E-state index contributed by atoms with van der Waals surface area (Å²) in [6.07, 6.45) is 4.23. The number of aryl methyl sites for hydroxylation is 1. The van der Waals surface area contributed by atoms with Crippen LogP contribution in [-0.4, -0.2) is 25.8 Å². The van der Waals surface area contributed by atoms with Gasteiger partial charge in [-0.25, -0.2) is 0 Å². The summed E-state index contributed by atoms with van der Waals surface area (Å²) in [5.74, 6) is 1.48. The zero-order chi connectivity index (χ0) is 13.2. The highest BCUT2D eigenvalue weighted by molar-refractivity contribution is 6.01. The molecule has 4 nitrogen and oxygen atoms in total. The lowest BCUT2D eigenvalue weighted by Crippen LogP contribution is -2.25. The van der Waals surface area contributed by atoms with E-state index in [0.717, 1.165) is 43.4 Å². The Balaban J connectivity index is 1.86. The fourth-order valence-electron chi connectivity index (χ4n) is 2.65. The molecule has 1 aromatic carbocycles. The van der Waals surface area contributed by atoms with E-state index in [1.165, 1.54) is 0 Å². The van der Waals surface area contributed by atoms with Crippen LogP contribution in [0.25, 0.3) is 0 Å². The number of rotatable bonds is 3. The number of ketones is 1. The molecule has 0 N–H and O–H groups in total. The van der Waals surface area contributed by atoms with E-state index in [1.807, 2.05) is 12.1 Å². The van der Waals surface area contributed by atoms with Crippen LogP contribution < -0.4 is 9.47 Å². The molecule has 1 atom stereocenters. The Kier molecular flexibility index (Phi) is 3.42. The van der Waals surface area contributed by atoms with Crippen molar-refractivity contribution in [2.24, 2.45) is 0 Å². The number of hydrogen-bond acceptors (Lipinski definition) is 4. The maximum Gasteiger partial charge on any atom is 0.200 e. The fourth-order valence-corrected chi connectivity index (χ4v) is 2.65. The second-order valence-electron chi connectivity index (χ2n) is 5.00. The molecule has 4 heteroatoms. The number of benzene rings is 1. The maximum absolute atomic E-state index is 11.8. The third kappa shape index (κ3) is 2.45. The van der Waals surface area contributed by atoms with Crippen molar-refractivity contribution in [2.75, 3.05) is 13.7 Å². The van der Waals surface area contributed by atoms with Gasteiger partial charge >= 0.3 is 0 Å². The Morgan fingerprint density at radius 3 is 2.84 bits per heavy atom. The van der Waals surface area contributed by atoms with Crippen molar-refractivity contribution in [2.45, 2.75) is 38.4 Å². The molecule has 19 heavy (non-hydrogen) atoms. The molecule has 1 aromatic rings. The molecule has 2 aliphatic rings. The molecule has 1 heterocycles. The van der Waals surface area contributed by atoms with Crippen LogP contribution >= 0.6 is 0 Å². The molecule has 102 valence electrons. The van der Waals surface area contributed by atoms with Crippen LogP contribution in [0.1, 0.15) is 41.6 Å².